The Morgan fingerprint density at radius 3 is 2.61 bits per heavy atom. The van der Waals surface area contributed by atoms with E-state index in [9.17, 15) is 0 Å². The minimum atomic E-state index is 0.649. The molecule has 5 heteroatoms. The van der Waals surface area contributed by atoms with Crippen molar-refractivity contribution in [2.45, 2.75) is 27.2 Å². The number of anilines is 1. The molecule has 0 saturated heterocycles. The fourth-order valence-corrected chi connectivity index (χ4v) is 2.49. The van der Waals surface area contributed by atoms with Crippen LogP contribution in [0.25, 0.3) is 11.6 Å². The Bertz CT molecular complexity index is 551. The second-order valence-electron chi connectivity index (χ2n) is 3.95. The maximum atomic E-state index is 5.59. The monoisotopic (exact) mass is 357 g/mol. The first kappa shape index (κ1) is 13.3. The van der Waals surface area contributed by atoms with Gasteiger partial charge in [0.2, 0.25) is 0 Å². The van der Waals surface area contributed by atoms with Crippen LogP contribution >= 0.6 is 22.6 Å². The quantitative estimate of drug-likeness (QED) is 0.849. The second-order valence-corrected chi connectivity index (χ2v) is 5.03. The maximum Gasteiger partial charge on any atom is 0.197 e. The maximum absolute atomic E-state index is 5.59. The fourth-order valence-electron chi connectivity index (χ4n) is 1.68. The van der Waals surface area contributed by atoms with Crippen LogP contribution in [0.1, 0.15) is 25.3 Å². The van der Waals surface area contributed by atoms with E-state index in [4.69, 9.17) is 4.42 Å². The van der Waals surface area contributed by atoms with Gasteiger partial charge >= 0.3 is 0 Å². The van der Waals surface area contributed by atoms with Crippen LogP contribution in [0.5, 0.6) is 0 Å². The van der Waals surface area contributed by atoms with Crippen LogP contribution in [0.3, 0.4) is 0 Å². The molecule has 96 valence electrons. The van der Waals surface area contributed by atoms with Gasteiger partial charge < -0.3 is 9.73 Å². The van der Waals surface area contributed by atoms with E-state index in [0.29, 0.717) is 5.82 Å². The van der Waals surface area contributed by atoms with Gasteiger partial charge in [0, 0.05) is 6.54 Å². The summed E-state index contributed by atoms with van der Waals surface area (Å²) < 4.78 is 6.67. The molecule has 0 aromatic carbocycles. The minimum absolute atomic E-state index is 0.649. The Hall–Kier alpha value is -1.11. The first-order valence-corrected chi connectivity index (χ1v) is 7.10. The van der Waals surface area contributed by atoms with E-state index in [2.05, 4.69) is 51.7 Å². The summed E-state index contributed by atoms with van der Waals surface area (Å²) in [5.74, 6) is 3.12. The van der Waals surface area contributed by atoms with Crippen molar-refractivity contribution in [3.8, 4) is 11.6 Å². The summed E-state index contributed by atoms with van der Waals surface area (Å²) in [7, 11) is 0. The molecule has 0 spiro atoms. The molecule has 0 bridgehead atoms. The molecule has 0 aliphatic heterocycles. The third-order valence-electron chi connectivity index (χ3n) is 2.56. The molecule has 0 radical (unpaired) electrons. The summed E-state index contributed by atoms with van der Waals surface area (Å²) in [5.41, 5.74) is 1.05. The van der Waals surface area contributed by atoms with Gasteiger partial charge in [0.1, 0.15) is 11.6 Å². The van der Waals surface area contributed by atoms with E-state index in [0.717, 1.165) is 39.6 Å². The van der Waals surface area contributed by atoms with E-state index < -0.39 is 0 Å². The Morgan fingerprint density at radius 2 is 2.06 bits per heavy atom. The zero-order chi connectivity index (χ0) is 13.1. The lowest BCUT2D eigenvalue weighted by Crippen LogP contribution is -2.07. The Labute approximate surface area is 120 Å². The Balaban J connectivity index is 2.51. The highest BCUT2D eigenvalue weighted by molar-refractivity contribution is 14.1. The third kappa shape index (κ3) is 2.66. The summed E-state index contributed by atoms with van der Waals surface area (Å²) in [4.78, 5) is 9.10. The first-order valence-electron chi connectivity index (χ1n) is 6.02. The molecule has 0 aliphatic carbocycles. The highest BCUT2D eigenvalue weighted by atomic mass is 127. The van der Waals surface area contributed by atoms with Crippen molar-refractivity contribution in [1.82, 2.24) is 9.97 Å². The zero-order valence-corrected chi connectivity index (χ0v) is 12.9. The lowest BCUT2D eigenvalue weighted by molar-refractivity contribution is 0.543. The first-order chi connectivity index (χ1) is 8.65. The predicted octanol–water partition coefficient (Wildman–Crippen LogP) is 3.64. The summed E-state index contributed by atoms with van der Waals surface area (Å²) in [6.07, 6.45) is 0.881. The fraction of sp³-hybridized carbons (Fsp3) is 0.385. The standard InChI is InChI=1S/C13H16IN3O/c1-4-9-11(14)13(15-5-2)17-12(16-9)10-7-6-8(3)18-10/h6-7H,4-5H2,1-3H3,(H,15,16,17). The zero-order valence-electron chi connectivity index (χ0n) is 10.7. The van der Waals surface area contributed by atoms with Crippen LogP contribution in [0.2, 0.25) is 0 Å². The molecule has 2 heterocycles. The largest absolute Gasteiger partial charge is 0.458 e. The van der Waals surface area contributed by atoms with E-state index >= 15 is 0 Å². The summed E-state index contributed by atoms with van der Waals surface area (Å²) in [6, 6.07) is 3.84. The lowest BCUT2D eigenvalue weighted by atomic mass is 10.3. The molecule has 0 fully saturated rings. The van der Waals surface area contributed by atoms with E-state index in [1.54, 1.807) is 0 Å². The van der Waals surface area contributed by atoms with Gasteiger partial charge in [0.05, 0.1) is 9.26 Å². The van der Waals surface area contributed by atoms with E-state index in [1.807, 2.05) is 19.1 Å². The van der Waals surface area contributed by atoms with Crippen molar-refractivity contribution in [1.29, 1.82) is 0 Å². The third-order valence-corrected chi connectivity index (χ3v) is 3.69. The van der Waals surface area contributed by atoms with Crippen LogP contribution in [0.15, 0.2) is 16.5 Å². The number of hydrogen-bond acceptors (Lipinski definition) is 4. The van der Waals surface area contributed by atoms with Crippen molar-refractivity contribution in [3.63, 3.8) is 0 Å². The van der Waals surface area contributed by atoms with E-state index in [1.165, 1.54) is 0 Å². The normalized spacial score (nSPS) is 10.7. The summed E-state index contributed by atoms with van der Waals surface area (Å²) in [6.45, 7) is 6.91. The van der Waals surface area contributed by atoms with Crippen molar-refractivity contribution in [3.05, 3.63) is 27.2 Å². The smallest absolute Gasteiger partial charge is 0.197 e. The molecule has 18 heavy (non-hydrogen) atoms. The van der Waals surface area contributed by atoms with Gasteiger partial charge in [-0.1, -0.05) is 6.92 Å². The van der Waals surface area contributed by atoms with Gasteiger partial charge in [0.15, 0.2) is 11.6 Å². The molecule has 2 aromatic heterocycles. The highest BCUT2D eigenvalue weighted by Crippen LogP contribution is 2.25. The molecular formula is C13H16IN3O. The van der Waals surface area contributed by atoms with Crippen LogP contribution in [0.4, 0.5) is 5.82 Å². The van der Waals surface area contributed by atoms with Gasteiger partial charge in [-0.2, -0.15) is 0 Å². The van der Waals surface area contributed by atoms with Crippen molar-refractivity contribution in [2.75, 3.05) is 11.9 Å². The lowest BCUT2D eigenvalue weighted by Gasteiger charge is -2.10. The molecule has 0 atom stereocenters. The molecule has 0 unspecified atom stereocenters. The van der Waals surface area contributed by atoms with Crippen LogP contribution in [0, 0.1) is 10.5 Å². The van der Waals surface area contributed by atoms with Gasteiger partial charge in [-0.3, -0.25) is 0 Å². The molecule has 0 aliphatic rings. The van der Waals surface area contributed by atoms with Crippen molar-refractivity contribution in [2.24, 2.45) is 0 Å². The number of furan rings is 1. The van der Waals surface area contributed by atoms with E-state index in [-0.39, 0.29) is 0 Å². The molecule has 1 N–H and O–H groups in total. The molecular weight excluding hydrogens is 341 g/mol. The van der Waals surface area contributed by atoms with Gasteiger partial charge in [-0.15, -0.1) is 0 Å². The molecule has 2 rings (SSSR count). The van der Waals surface area contributed by atoms with Crippen molar-refractivity contribution >= 4 is 28.4 Å². The number of halogens is 1. The predicted molar refractivity (Wildman–Crippen MR) is 80.7 cm³/mol. The molecule has 2 aromatic rings. The van der Waals surface area contributed by atoms with Crippen LogP contribution in [-0.2, 0) is 6.42 Å². The number of nitrogens with zero attached hydrogens (tertiary/aromatic N) is 2. The SMILES string of the molecule is CCNc1nc(-c2ccc(C)o2)nc(CC)c1I. The number of hydrogen-bond donors (Lipinski definition) is 1. The molecule has 0 amide bonds. The van der Waals surface area contributed by atoms with Crippen molar-refractivity contribution < 1.29 is 4.42 Å². The van der Waals surface area contributed by atoms with Gasteiger partial charge in [0.25, 0.3) is 0 Å². The number of aryl methyl sites for hydroxylation is 2. The number of nitrogens with one attached hydrogen (secondary N) is 1. The Kier molecular flexibility index (Phi) is 4.21. The van der Waals surface area contributed by atoms with Crippen LogP contribution < -0.4 is 5.32 Å². The minimum Gasteiger partial charge on any atom is -0.458 e. The second kappa shape index (κ2) is 5.69. The highest BCUT2D eigenvalue weighted by Gasteiger charge is 2.13. The number of aromatic nitrogens is 2. The number of rotatable bonds is 4. The molecule has 0 saturated carbocycles. The van der Waals surface area contributed by atoms with Crippen LogP contribution in [-0.4, -0.2) is 16.5 Å². The van der Waals surface area contributed by atoms with Gasteiger partial charge in [-0.05, 0) is 55.0 Å². The molecule has 4 nitrogen and oxygen atoms in total. The van der Waals surface area contributed by atoms with Gasteiger partial charge in [-0.25, -0.2) is 9.97 Å². The Morgan fingerprint density at radius 1 is 1.28 bits per heavy atom. The summed E-state index contributed by atoms with van der Waals surface area (Å²) >= 11 is 2.29. The summed E-state index contributed by atoms with van der Waals surface area (Å²) in [5, 5.41) is 3.27. The average molecular weight is 357 g/mol. The average Bonchev–Trinajstić information content (AvgIpc) is 2.79. The topological polar surface area (TPSA) is 51.0 Å².